The second-order valence-electron chi connectivity index (χ2n) is 6.30. The molecule has 0 saturated carbocycles. The molecule has 0 aliphatic carbocycles. The molecule has 4 aromatic rings. The maximum absolute atomic E-state index is 12.4. The number of thiophene rings is 1. The van der Waals surface area contributed by atoms with Crippen molar-refractivity contribution in [3.63, 3.8) is 0 Å². The summed E-state index contributed by atoms with van der Waals surface area (Å²) in [5.74, 6) is 1.36. The van der Waals surface area contributed by atoms with Crippen LogP contribution >= 0.6 is 23.1 Å². The van der Waals surface area contributed by atoms with Crippen LogP contribution in [-0.2, 0) is 5.75 Å². The average Bonchev–Trinajstić information content (AvgIpc) is 2.88. The molecule has 0 bridgehead atoms. The van der Waals surface area contributed by atoms with Gasteiger partial charge in [-0.2, -0.15) is 0 Å². The molecular formula is C19H18N4OS2. The average molecular weight is 383 g/mol. The summed E-state index contributed by atoms with van der Waals surface area (Å²) in [4.78, 5) is 28.6. The van der Waals surface area contributed by atoms with Crippen molar-refractivity contribution in [2.24, 2.45) is 0 Å². The molecule has 4 heterocycles. The Morgan fingerprint density at radius 1 is 1.15 bits per heavy atom. The molecule has 0 spiro atoms. The highest BCUT2D eigenvalue weighted by Gasteiger charge is 2.14. The van der Waals surface area contributed by atoms with Gasteiger partial charge in [0.1, 0.15) is 21.3 Å². The smallest absolute Gasteiger partial charge is 0.258 e. The van der Waals surface area contributed by atoms with Crippen LogP contribution in [0.15, 0.2) is 34.2 Å². The van der Waals surface area contributed by atoms with E-state index in [1.807, 2.05) is 26.0 Å². The molecule has 0 fully saturated rings. The maximum Gasteiger partial charge on any atom is 0.258 e. The lowest BCUT2D eigenvalue weighted by atomic mass is 10.2. The molecule has 0 amide bonds. The summed E-state index contributed by atoms with van der Waals surface area (Å²) in [5, 5.41) is 2.08. The molecule has 0 saturated heterocycles. The lowest BCUT2D eigenvalue weighted by molar-refractivity contribution is 0.993. The Morgan fingerprint density at radius 3 is 2.77 bits per heavy atom. The fourth-order valence-corrected chi connectivity index (χ4v) is 5.11. The fourth-order valence-electron chi connectivity index (χ4n) is 2.94. The Kier molecular flexibility index (Phi) is 4.28. The van der Waals surface area contributed by atoms with E-state index in [1.54, 1.807) is 39.8 Å². The molecule has 0 aliphatic rings. The van der Waals surface area contributed by atoms with E-state index in [1.165, 1.54) is 10.4 Å². The summed E-state index contributed by atoms with van der Waals surface area (Å²) in [6.45, 7) is 8.10. The number of nitrogens with zero attached hydrogens (tertiary/aromatic N) is 4. The lowest BCUT2D eigenvalue weighted by Crippen LogP contribution is -2.15. The van der Waals surface area contributed by atoms with E-state index < -0.39 is 0 Å². The van der Waals surface area contributed by atoms with Crippen LogP contribution < -0.4 is 5.56 Å². The number of pyridine rings is 1. The van der Waals surface area contributed by atoms with Gasteiger partial charge in [-0.25, -0.2) is 15.0 Å². The van der Waals surface area contributed by atoms with Crippen molar-refractivity contribution in [1.29, 1.82) is 0 Å². The zero-order valence-electron chi connectivity index (χ0n) is 15.0. The second-order valence-corrected chi connectivity index (χ2v) is 8.47. The second kappa shape index (κ2) is 6.48. The van der Waals surface area contributed by atoms with E-state index in [0.29, 0.717) is 11.4 Å². The third-order valence-corrected chi connectivity index (χ3v) is 6.51. The summed E-state index contributed by atoms with van der Waals surface area (Å²) >= 11 is 3.31. The van der Waals surface area contributed by atoms with Gasteiger partial charge in [-0.05, 0) is 44.9 Å². The monoisotopic (exact) mass is 382 g/mol. The number of rotatable bonds is 3. The Hall–Kier alpha value is -2.25. The van der Waals surface area contributed by atoms with E-state index in [4.69, 9.17) is 0 Å². The minimum absolute atomic E-state index is 0.0547. The minimum Gasteiger partial charge on any atom is -0.269 e. The van der Waals surface area contributed by atoms with Gasteiger partial charge in [-0.15, -0.1) is 11.3 Å². The first kappa shape index (κ1) is 17.2. The molecule has 0 aliphatic heterocycles. The van der Waals surface area contributed by atoms with Crippen LogP contribution in [-0.4, -0.2) is 19.4 Å². The molecule has 0 radical (unpaired) electrons. The normalized spacial score (nSPS) is 11.5. The predicted molar refractivity (Wildman–Crippen MR) is 107 cm³/mol. The number of aromatic nitrogens is 4. The Bertz CT molecular complexity index is 1210. The molecule has 4 aromatic heterocycles. The van der Waals surface area contributed by atoms with Gasteiger partial charge in [0.2, 0.25) is 0 Å². The molecule has 0 unspecified atom stereocenters. The first-order chi connectivity index (χ1) is 12.4. The summed E-state index contributed by atoms with van der Waals surface area (Å²) < 4.78 is 1.59. The molecule has 4 rings (SSSR count). The fraction of sp³-hybridized carbons (Fsp3) is 0.263. The highest BCUT2D eigenvalue weighted by Crippen LogP contribution is 2.35. The van der Waals surface area contributed by atoms with Crippen molar-refractivity contribution in [1.82, 2.24) is 19.4 Å². The summed E-state index contributed by atoms with van der Waals surface area (Å²) in [6, 6.07) is 5.44. The van der Waals surface area contributed by atoms with Crippen LogP contribution in [0.5, 0.6) is 0 Å². The van der Waals surface area contributed by atoms with Crippen molar-refractivity contribution < 1.29 is 0 Å². The third kappa shape index (κ3) is 2.91. The molecule has 26 heavy (non-hydrogen) atoms. The van der Waals surface area contributed by atoms with Crippen molar-refractivity contribution in [2.45, 2.75) is 38.5 Å². The Morgan fingerprint density at radius 2 is 1.96 bits per heavy atom. The van der Waals surface area contributed by atoms with E-state index >= 15 is 0 Å². The lowest BCUT2D eigenvalue weighted by Gasteiger charge is -2.07. The van der Waals surface area contributed by atoms with Gasteiger partial charge in [0.05, 0.1) is 5.69 Å². The van der Waals surface area contributed by atoms with Gasteiger partial charge in [0.25, 0.3) is 5.56 Å². The highest BCUT2D eigenvalue weighted by atomic mass is 32.2. The van der Waals surface area contributed by atoms with Crippen molar-refractivity contribution >= 4 is 39.0 Å². The van der Waals surface area contributed by atoms with Crippen LogP contribution in [0.25, 0.3) is 15.9 Å². The number of thioether (sulfide) groups is 1. The van der Waals surface area contributed by atoms with Gasteiger partial charge in [0, 0.05) is 28.3 Å². The SMILES string of the molecule is Cc1nc(SCc2cc(=O)n3cccc(C)c3n2)c2c(C)c(C)sc2n1. The number of fused-ring (bicyclic) bond motifs is 2. The molecule has 0 atom stereocenters. The van der Waals surface area contributed by atoms with E-state index in [9.17, 15) is 4.79 Å². The van der Waals surface area contributed by atoms with Crippen LogP contribution in [0.1, 0.15) is 27.5 Å². The van der Waals surface area contributed by atoms with E-state index in [2.05, 4.69) is 28.8 Å². The van der Waals surface area contributed by atoms with Crippen LogP contribution in [0.2, 0.25) is 0 Å². The number of hydrogen-bond acceptors (Lipinski definition) is 6. The topological polar surface area (TPSA) is 60.2 Å². The van der Waals surface area contributed by atoms with Gasteiger partial charge in [-0.3, -0.25) is 9.20 Å². The van der Waals surface area contributed by atoms with Gasteiger partial charge in [-0.1, -0.05) is 17.8 Å². The van der Waals surface area contributed by atoms with Crippen LogP contribution in [0.4, 0.5) is 0 Å². The molecular weight excluding hydrogens is 364 g/mol. The van der Waals surface area contributed by atoms with Crippen LogP contribution in [0, 0.1) is 27.7 Å². The standard InChI is InChI=1S/C19H18N4OS2/c1-10-6-5-7-23-15(24)8-14(22-17(10)23)9-25-18-16-11(2)12(3)26-19(16)21-13(4)20-18/h5-8H,9H2,1-4H3. The Balaban J connectivity index is 1.74. The summed E-state index contributed by atoms with van der Waals surface area (Å²) in [7, 11) is 0. The summed E-state index contributed by atoms with van der Waals surface area (Å²) in [6.07, 6.45) is 1.75. The van der Waals surface area contributed by atoms with E-state index in [-0.39, 0.29) is 5.56 Å². The molecule has 0 aromatic carbocycles. The van der Waals surface area contributed by atoms with Gasteiger partial charge < -0.3 is 0 Å². The summed E-state index contributed by atoms with van der Waals surface area (Å²) in [5.41, 5.74) is 3.64. The molecule has 7 heteroatoms. The first-order valence-electron chi connectivity index (χ1n) is 8.29. The molecule has 132 valence electrons. The Labute approximate surface area is 159 Å². The highest BCUT2D eigenvalue weighted by molar-refractivity contribution is 7.98. The van der Waals surface area contributed by atoms with Crippen molar-refractivity contribution in [3.05, 3.63) is 62.3 Å². The minimum atomic E-state index is -0.0547. The zero-order chi connectivity index (χ0) is 18.4. The predicted octanol–water partition coefficient (Wildman–Crippen LogP) is 4.23. The maximum atomic E-state index is 12.4. The molecule has 0 N–H and O–H groups in total. The largest absolute Gasteiger partial charge is 0.269 e. The quantitative estimate of drug-likeness (QED) is 0.392. The zero-order valence-corrected chi connectivity index (χ0v) is 16.7. The van der Waals surface area contributed by atoms with Gasteiger partial charge >= 0.3 is 0 Å². The molecule has 5 nitrogen and oxygen atoms in total. The van der Waals surface area contributed by atoms with Gasteiger partial charge in [0.15, 0.2) is 0 Å². The van der Waals surface area contributed by atoms with Crippen LogP contribution in [0.3, 0.4) is 0 Å². The van der Waals surface area contributed by atoms with Crippen molar-refractivity contribution in [2.75, 3.05) is 0 Å². The third-order valence-electron chi connectivity index (χ3n) is 4.40. The first-order valence-corrected chi connectivity index (χ1v) is 10.1. The number of hydrogen-bond donors (Lipinski definition) is 0. The van der Waals surface area contributed by atoms with Crippen molar-refractivity contribution in [3.8, 4) is 0 Å². The van der Waals surface area contributed by atoms with E-state index in [0.717, 1.165) is 32.3 Å². The number of aryl methyl sites for hydroxylation is 4.